The molecule has 1 aliphatic heterocycles. The molecule has 0 spiro atoms. The van der Waals surface area contributed by atoms with E-state index in [-0.39, 0.29) is 12.1 Å². The molecule has 1 aliphatic rings. The van der Waals surface area contributed by atoms with Gasteiger partial charge < -0.3 is 15.4 Å². The van der Waals surface area contributed by atoms with Crippen molar-refractivity contribution in [1.29, 1.82) is 0 Å². The number of ether oxygens (including phenoxy) is 1. The third kappa shape index (κ3) is 4.95. The van der Waals surface area contributed by atoms with Crippen molar-refractivity contribution in [2.24, 2.45) is 5.92 Å². The highest BCUT2D eigenvalue weighted by Gasteiger charge is 2.14. The number of amides is 2. The van der Waals surface area contributed by atoms with Crippen molar-refractivity contribution < 1.29 is 9.53 Å². The van der Waals surface area contributed by atoms with Crippen molar-refractivity contribution in [2.45, 2.75) is 38.6 Å². The third-order valence-corrected chi connectivity index (χ3v) is 5.05. The van der Waals surface area contributed by atoms with Gasteiger partial charge in [-0.25, -0.2) is 4.79 Å². The van der Waals surface area contributed by atoms with E-state index in [4.69, 9.17) is 4.74 Å². The van der Waals surface area contributed by atoms with E-state index in [1.54, 1.807) is 0 Å². The monoisotopic (exact) mass is 340 g/mol. The van der Waals surface area contributed by atoms with Crippen LogP contribution in [0.5, 0.6) is 0 Å². The zero-order valence-electron chi connectivity index (χ0n) is 15.0. The summed E-state index contributed by atoms with van der Waals surface area (Å²) in [5, 5.41) is 8.44. The van der Waals surface area contributed by atoms with E-state index in [9.17, 15) is 4.79 Å². The minimum absolute atomic E-state index is 0.0263. The molecule has 4 heteroatoms. The van der Waals surface area contributed by atoms with E-state index in [1.165, 1.54) is 17.2 Å². The summed E-state index contributed by atoms with van der Waals surface area (Å²) in [6.07, 6.45) is 4.51. The Hall–Kier alpha value is -2.07. The van der Waals surface area contributed by atoms with Crippen LogP contribution in [0.1, 0.15) is 44.2 Å². The van der Waals surface area contributed by atoms with Crippen LogP contribution in [0.25, 0.3) is 10.8 Å². The Labute approximate surface area is 149 Å². The van der Waals surface area contributed by atoms with Crippen molar-refractivity contribution in [2.75, 3.05) is 19.8 Å². The largest absolute Gasteiger partial charge is 0.381 e. The van der Waals surface area contributed by atoms with Gasteiger partial charge in [0.25, 0.3) is 0 Å². The summed E-state index contributed by atoms with van der Waals surface area (Å²) in [5.74, 6) is 0.758. The first-order valence-electron chi connectivity index (χ1n) is 9.34. The quantitative estimate of drug-likeness (QED) is 0.766. The molecule has 2 amide bonds. The third-order valence-electron chi connectivity index (χ3n) is 5.05. The van der Waals surface area contributed by atoms with Crippen LogP contribution in [0.15, 0.2) is 42.5 Å². The minimum Gasteiger partial charge on any atom is -0.381 e. The summed E-state index contributed by atoms with van der Waals surface area (Å²) in [4.78, 5) is 12.2. The molecule has 0 saturated carbocycles. The molecule has 0 unspecified atom stereocenters. The Morgan fingerprint density at radius 3 is 2.76 bits per heavy atom. The normalized spacial score (nSPS) is 16.5. The number of fused-ring (bicyclic) bond motifs is 1. The Morgan fingerprint density at radius 1 is 1.16 bits per heavy atom. The van der Waals surface area contributed by atoms with Gasteiger partial charge in [0, 0.05) is 19.8 Å². The lowest BCUT2D eigenvalue weighted by Gasteiger charge is -2.22. The number of nitrogens with one attached hydrogen (secondary N) is 2. The maximum Gasteiger partial charge on any atom is 0.315 e. The maximum absolute atomic E-state index is 12.2. The van der Waals surface area contributed by atoms with Crippen molar-refractivity contribution in [1.82, 2.24) is 10.6 Å². The summed E-state index contributed by atoms with van der Waals surface area (Å²) in [6, 6.07) is 14.4. The number of hydrogen-bond acceptors (Lipinski definition) is 2. The summed E-state index contributed by atoms with van der Waals surface area (Å²) >= 11 is 0. The van der Waals surface area contributed by atoms with Gasteiger partial charge in [-0.3, -0.25) is 0 Å². The van der Waals surface area contributed by atoms with Crippen LogP contribution in [0.3, 0.4) is 0 Å². The highest BCUT2D eigenvalue weighted by atomic mass is 16.5. The average molecular weight is 340 g/mol. The van der Waals surface area contributed by atoms with Gasteiger partial charge >= 0.3 is 6.03 Å². The number of carbonyl (C=O) groups is 1. The van der Waals surface area contributed by atoms with Gasteiger partial charge in [-0.1, -0.05) is 42.5 Å². The highest BCUT2D eigenvalue weighted by molar-refractivity contribution is 5.86. The topological polar surface area (TPSA) is 50.4 Å². The lowest BCUT2D eigenvalue weighted by molar-refractivity contribution is 0.0634. The molecule has 0 bridgehead atoms. The van der Waals surface area contributed by atoms with Crippen LogP contribution in [0.2, 0.25) is 0 Å². The number of rotatable bonds is 6. The molecular weight excluding hydrogens is 312 g/mol. The molecule has 0 aliphatic carbocycles. The molecule has 4 nitrogen and oxygen atoms in total. The molecule has 2 N–H and O–H groups in total. The number of hydrogen-bond donors (Lipinski definition) is 2. The van der Waals surface area contributed by atoms with E-state index >= 15 is 0 Å². The van der Waals surface area contributed by atoms with Crippen LogP contribution in [-0.4, -0.2) is 25.8 Å². The predicted molar refractivity (Wildman–Crippen MR) is 102 cm³/mol. The van der Waals surface area contributed by atoms with Crippen molar-refractivity contribution in [3.8, 4) is 0 Å². The molecule has 1 atom stereocenters. The predicted octanol–water partition coefficient (Wildman–Crippen LogP) is 4.41. The van der Waals surface area contributed by atoms with Gasteiger partial charge in [-0.15, -0.1) is 0 Å². The second kappa shape index (κ2) is 8.86. The van der Waals surface area contributed by atoms with E-state index in [2.05, 4.69) is 34.9 Å². The van der Waals surface area contributed by atoms with E-state index < -0.39 is 0 Å². The van der Waals surface area contributed by atoms with Crippen molar-refractivity contribution in [3.63, 3.8) is 0 Å². The zero-order chi connectivity index (χ0) is 17.5. The molecule has 0 aromatic heterocycles. The van der Waals surface area contributed by atoms with Crippen LogP contribution < -0.4 is 10.6 Å². The van der Waals surface area contributed by atoms with Gasteiger partial charge in [-0.2, -0.15) is 0 Å². The number of carbonyl (C=O) groups excluding carboxylic acids is 1. The Bertz CT molecular complexity index is 690. The SMILES string of the molecule is C[C@H](NC(=O)NCCCC1CCOCC1)c1cccc2ccccc12. The number of urea groups is 1. The van der Waals surface area contributed by atoms with Crippen LogP contribution in [0.4, 0.5) is 4.79 Å². The van der Waals surface area contributed by atoms with E-state index in [1.807, 2.05) is 25.1 Å². The lowest BCUT2D eigenvalue weighted by Crippen LogP contribution is -2.37. The molecule has 1 fully saturated rings. The zero-order valence-corrected chi connectivity index (χ0v) is 15.0. The van der Waals surface area contributed by atoms with Gasteiger partial charge in [0.1, 0.15) is 0 Å². The molecule has 0 radical (unpaired) electrons. The fourth-order valence-electron chi connectivity index (χ4n) is 3.58. The molecule has 1 heterocycles. The molecule has 2 aromatic rings. The van der Waals surface area contributed by atoms with Crippen LogP contribution >= 0.6 is 0 Å². The first-order chi connectivity index (χ1) is 12.2. The fourth-order valence-corrected chi connectivity index (χ4v) is 3.58. The van der Waals surface area contributed by atoms with Gasteiger partial charge in [0.05, 0.1) is 6.04 Å². The summed E-state index contributed by atoms with van der Waals surface area (Å²) in [5.41, 5.74) is 1.15. The molecule has 25 heavy (non-hydrogen) atoms. The molecule has 2 aromatic carbocycles. The first-order valence-corrected chi connectivity index (χ1v) is 9.34. The highest BCUT2D eigenvalue weighted by Crippen LogP contribution is 2.24. The summed E-state index contributed by atoms with van der Waals surface area (Å²) in [7, 11) is 0. The molecule has 1 saturated heterocycles. The Kier molecular flexibility index (Phi) is 6.29. The molecular formula is C21H28N2O2. The summed E-state index contributed by atoms with van der Waals surface area (Å²) in [6.45, 7) is 4.54. The van der Waals surface area contributed by atoms with E-state index in [0.717, 1.165) is 50.5 Å². The average Bonchev–Trinajstić information content (AvgIpc) is 2.65. The second-order valence-electron chi connectivity index (χ2n) is 6.89. The minimum atomic E-state index is -0.0904. The van der Waals surface area contributed by atoms with Gasteiger partial charge in [0.15, 0.2) is 0 Å². The second-order valence-corrected chi connectivity index (χ2v) is 6.89. The van der Waals surface area contributed by atoms with Gasteiger partial charge in [0.2, 0.25) is 0 Å². The van der Waals surface area contributed by atoms with Crippen LogP contribution in [-0.2, 0) is 4.74 Å². The smallest absolute Gasteiger partial charge is 0.315 e. The molecule has 3 rings (SSSR count). The van der Waals surface area contributed by atoms with Crippen molar-refractivity contribution >= 4 is 16.8 Å². The number of benzene rings is 2. The summed E-state index contributed by atoms with van der Waals surface area (Å²) < 4.78 is 5.38. The van der Waals surface area contributed by atoms with E-state index in [0.29, 0.717) is 0 Å². The standard InChI is InChI=1S/C21H28N2O2/c1-16(19-10-4-8-18-7-2-3-9-20(18)19)23-21(24)22-13-5-6-17-11-14-25-15-12-17/h2-4,7-10,16-17H,5-6,11-15H2,1H3,(H2,22,23,24)/t16-/m0/s1. The van der Waals surface area contributed by atoms with Crippen molar-refractivity contribution in [3.05, 3.63) is 48.0 Å². The maximum atomic E-state index is 12.2. The Balaban J connectivity index is 1.45. The molecule has 134 valence electrons. The Morgan fingerprint density at radius 2 is 1.92 bits per heavy atom. The van der Waals surface area contributed by atoms with Gasteiger partial charge in [-0.05, 0) is 54.9 Å². The first kappa shape index (κ1) is 17.7. The fraction of sp³-hybridized carbons (Fsp3) is 0.476. The lowest BCUT2D eigenvalue weighted by atomic mass is 9.95. The van der Waals surface area contributed by atoms with Crippen LogP contribution in [0, 0.1) is 5.92 Å².